The van der Waals surface area contributed by atoms with Gasteiger partial charge in [0.25, 0.3) is 5.91 Å². The Morgan fingerprint density at radius 3 is 2.58 bits per heavy atom. The van der Waals surface area contributed by atoms with Gasteiger partial charge in [0.1, 0.15) is 5.75 Å². The van der Waals surface area contributed by atoms with Gasteiger partial charge in [-0.3, -0.25) is 4.79 Å². The molecule has 0 saturated carbocycles. The van der Waals surface area contributed by atoms with Crippen molar-refractivity contribution in [1.82, 2.24) is 4.90 Å². The summed E-state index contributed by atoms with van der Waals surface area (Å²) in [5, 5.41) is 5.94. The van der Waals surface area contributed by atoms with Crippen molar-refractivity contribution in [1.29, 1.82) is 0 Å². The Hall–Kier alpha value is -1.80. The van der Waals surface area contributed by atoms with Gasteiger partial charge < -0.3 is 9.64 Å². The monoisotopic (exact) mass is 416 g/mol. The minimum Gasteiger partial charge on any atom is -0.482 e. The standard InChI is InChI=1S/C17H18Cl2N2O4S/c1-11(12-4-3-5-14(8-12)26(20,23)24)21(2)17(22)10-25-16-9-13(18)6-7-15(16)19/h3-9,11H,10H2,1-2H3,(H2,20,23,24). The first-order chi connectivity index (χ1) is 12.1. The maximum atomic E-state index is 12.4. The second kappa shape index (κ2) is 8.26. The molecule has 0 aliphatic rings. The summed E-state index contributed by atoms with van der Waals surface area (Å²) in [5.41, 5.74) is 0.633. The number of nitrogens with zero attached hydrogens (tertiary/aromatic N) is 1. The summed E-state index contributed by atoms with van der Waals surface area (Å²) in [6.45, 7) is 1.53. The van der Waals surface area contributed by atoms with E-state index in [2.05, 4.69) is 0 Å². The highest BCUT2D eigenvalue weighted by Crippen LogP contribution is 2.28. The highest BCUT2D eigenvalue weighted by Gasteiger charge is 2.20. The molecule has 2 rings (SSSR count). The van der Waals surface area contributed by atoms with Crippen LogP contribution in [0, 0.1) is 0 Å². The molecule has 0 aromatic heterocycles. The molecule has 2 aromatic rings. The second-order valence-electron chi connectivity index (χ2n) is 5.66. The molecule has 0 heterocycles. The number of nitrogens with two attached hydrogens (primary N) is 1. The fourth-order valence-electron chi connectivity index (χ4n) is 2.22. The summed E-state index contributed by atoms with van der Waals surface area (Å²) in [6, 6.07) is 10.5. The van der Waals surface area contributed by atoms with Gasteiger partial charge in [0.15, 0.2) is 6.61 Å². The van der Waals surface area contributed by atoms with Gasteiger partial charge in [-0.1, -0.05) is 35.3 Å². The predicted octanol–water partition coefficient (Wildman–Crippen LogP) is 3.24. The number of amides is 1. The molecular formula is C17H18Cl2N2O4S. The van der Waals surface area contributed by atoms with Crippen LogP contribution in [0.3, 0.4) is 0 Å². The van der Waals surface area contributed by atoms with Crippen LogP contribution >= 0.6 is 23.2 Å². The Balaban J connectivity index is 2.09. The lowest BCUT2D eigenvalue weighted by Crippen LogP contribution is -2.33. The van der Waals surface area contributed by atoms with Crippen LogP contribution in [0.5, 0.6) is 5.75 Å². The zero-order valence-corrected chi connectivity index (χ0v) is 16.5. The maximum absolute atomic E-state index is 12.4. The Labute approximate surface area is 162 Å². The molecule has 0 saturated heterocycles. The lowest BCUT2D eigenvalue weighted by atomic mass is 10.1. The van der Waals surface area contributed by atoms with Crippen molar-refractivity contribution in [3.63, 3.8) is 0 Å². The van der Waals surface area contributed by atoms with Crippen molar-refractivity contribution >= 4 is 39.1 Å². The van der Waals surface area contributed by atoms with E-state index in [-0.39, 0.29) is 23.5 Å². The molecule has 1 amide bonds. The van der Waals surface area contributed by atoms with Gasteiger partial charge in [-0.2, -0.15) is 0 Å². The minimum atomic E-state index is -3.82. The largest absolute Gasteiger partial charge is 0.482 e. The van der Waals surface area contributed by atoms with Gasteiger partial charge in [0, 0.05) is 18.1 Å². The van der Waals surface area contributed by atoms with Crippen molar-refractivity contribution in [3.8, 4) is 5.75 Å². The molecule has 0 bridgehead atoms. The van der Waals surface area contributed by atoms with Crippen LogP contribution in [-0.4, -0.2) is 32.9 Å². The van der Waals surface area contributed by atoms with Gasteiger partial charge >= 0.3 is 0 Å². The van der Waals surface area contributed by atoms with Crippen molar-refractivity contribution < 1.29 is 17.9 Å². The number of halogens is 2. The van der Waals surface area contributed by atoms with Crippen LogP contribution < -0.4 is 9.88 Å². The van der Waals surface area contributed by atoms with Gasteiger partial charge in [-0.25, -0.2) is 13.6 Å². The third-order valence-electron chi connectivity index (χ3n) is 3.89. The molecule has 9 heteroatoms. The molecule has 26 heavy (non-hydrogen) atoms. The van der Waals surface area contributed by atoms with Crippen LogP contribution in [0.15, 0.2) is 47.4 Å². The average molecular weight is 417 g/mol. The Morgan fingerprint density at radius 1 is 1.23 bits per heavy atom. The highest BCUT2D eigenvalue weighted by atomic mass is 35.5. The second-order valence-corrected chi connectivity index (χ2v) is 8.07. The summed E-state index contributed by atoms with van der Waals surface area (Å²) in [7, 11) is -2.22. The molecule has 0 aliphatic heterocycles. The molecule has 0 spiro atoms. The van der Waals surface area contributed by atoms with Crippen molar-refractivity contribution in [3.05, 3.63) is 58.1 Å². The third-order valence-corrected chi connectivity index (χ3v) is 5.35. The molecule has 2 aromatic carbocycles. The molecule has 2 N–H and O–H groups in total. The zero-order valence-electron chi connectivity index (χ0n) is 14.1. The first-order valence-corrected chi connectivity index (χ1v) is 9.86. The SMILES string of the molecule is CC(c1cccc(S(N)(=O)=O)c1)N(C)C(=O)COc1cc(Cl)ccc1Cl. The van der Waals surface area contributed by atoms with Crippen LogP contribution in [0.25, 0.3) is 0 Å². The van der Waals surface area contributed by atoms with Crippen LogP contribution in [-0.2, 0) is 14.8 Å². The van der Waals surface area contributed by atoms with E-state index in [1.165, 1.54) is 23.1 Å². The summed E-state index contributed by atoms with van der Waals surface area (Å²) in [4.78, 5) is 13.8. The van der Waals surface area contributed by atoms with Gasteiger partial charge in [0.05, 0.1) is 16.0 Å². The number of carbonyl (C=O) groups is 1. The number of hydrogen-bond acceptors (Lipinski definition) is 4. The van der Waals surface area contributed by atoms with E-state index in [1.54, 1.807) is 38.2 Å². The van der Waals surface area contributed by atoms with E-state index in [9.17, 15) is 13.2 Å². The molecule has 0 aliphatic carbocycles. The molecule has 1 unspecified atom stereocenters. The molecule has 140 valence electrons. The van der Waals surface area contributed by atoms with Gasteiger partial charge in [-0.05, 0) is 36.8 Å². The lowest BCUT2D eigenvalue weighted by Gasteiger charge is -2.25. The number of ether oxygens (including phenoxy) is 1. The fraction of sp³-hybridized carbons (Fsp3) is 0.235. The summed E-state index contributed by atoms with van der Waals surface area (Å²) < 4.78 is 28.4. The number of hydrogen-bond donors (Lipinski definition) is 1. The Kier molecular flexibility index (Phi) is 6.52. The molecule has 6 nitrogen and oxygen atoms in total. The number of benzene rings is 2. The Morgan fingerprint density at radius 2 is 1.92 bits per heavy atom. The molecule has 0 radical (unpaired) electrons. The molecule has 1 atom stereocenters. The minimum absolute atomic E-state index is 0.00958. The molecular weight excluding hydrogens is 399 g/mol. The number of rotatable bonds is 6. The first-order valence-electron chi connectivity index (χ1n) is 7.56. The summed E-state index contributed by atoms with van der Waals surface area (Å²) in [5.74, 6) is -0.000608. The first kappa shape index (κ1) is 20.5. The molecule has 0 fully saturated rings. The number of carbonyl (C=O) groups excluding carboxylic acids is 1. The third kappa shape index (κ3) is 5.11. The van der Waals surface area contributed by atoms with E-state index in [0.29, 0.717) is 21.4 Å². The van der Waals surface area contributed by atoms with E-state index in [1.807, 2.05) is 0 Å². The van der Waals surface area contributed by atoms with Crippen LogP contribution in [0.1, 0.15) is 18.5 Å². The lowest BCUT2D eigenvalue weighted by molar-refractivity contribution is -0.134. The number of likely N-dealkylation sites (N-methyl/N-ethyl adjacent to an activating group) is 1. The summed E-state index contributed by atoms with van der Waals surface area (Å²) >= 11 is 11.9. The van der Waals surface area contributed by atoms with Gasteiger partial charge in [-0.15, -0.1) is 0 Å². The number of primary sulfonamides is 1. The van der Waals surface area contributed by atoms with E-state index in [0.717, 1.165) is 0 Å². The highest BCUT2D eigenvalue weighted by molar-refractivity contribution is 7.89. The van der Waals surface area contributed by atoms with Crippen molar-refractivity contribution in [2.45, 2.75) is 17.9 Å². The fourth-order valence-corrected chi connectivity index (χ4v) is 3.12. The zero-order chi connectivity index (χ0) is 19.5. The van der Waals surface area contributed by atoms with E-state index < -0.39 is 10.0 Å². The van der Waals surface area contributed by atoms with Crippen molar-refractivity contribution in [2.75, 3.05) is 13.7 Å². The van der Waals surface area contributed by atoms with Crippen LogP contribution in [0.2, 0.25) is 10.0 Å². The van der Waals surface area contributed by atoms with Crippen molar-refractivity contribution in [2.24, 2.45) is 5.14 Å². The topological polar surface area (TPSA) is 89.7 Å². The normalized spacial score (nSPS) is 12.5. The van der Waals surface area contributed by atoms with E-state index >= 15 is 0 Å². The van der Waals surface area contributed by atoms with Gasteiger partial charge in [0.2, 0.25) is 10.0 Å². The maximum Gasteiger partial charge on any atom is 0.260 e. The average Bonchev–Trinajstić information content (AvgIpc) is 2.60. The summed E-state index contributed by atoms with van der Waals surface area (Å²) in [6.07, 6.45) is 0. The number of sulfonamides is 1. The van der Waals surface area contributed by atoms with Crippen LogP contribution in [0.4, 0.5) is 0 Å². The predicted molar refractivity (Wildman–Crippen MR) is 101 cm³/mol. The smallest absolute Gasteiger partial charge is 0.260 e. The van der Waals surface area contributed by atoms with E-state index in [4.69, 9.17) is 33.1 Å². The Bertz CT molecular complexity index is 919. The quantitative estimate of drug-likeness (QED) is 0.782.